The van der Waals surface area contributed by atoms with Crippen LogP contribution in [0.1, 0.15) is 44.2 Å². The Bertz CT molecular complexity index is 1150. The van der Waals surface area contributed by atoms with Gasteiger partial charge in [0.1, 0.15) is 5.82 Å². The van der Waals surface area contributed by atoms with Gasteiger partial charge in [0.05, 0.1) is 17.0 Å². The van der Waals surface area contributed by atoms with Gasteiger partial charge in [0.15, 0.2) is 0 Å². The van der Waals surface area contributed by atoms with E-state index < -0.39 is 12.8 Å². The van der Waals surface area contributed by atoms with Crippen LogP contribution in [0.15, 0.2) is 54.7 Å². The SMILES string of the molecule is CCC(CC)(c1ccc(NC(=O)CCc2cnn(C)c2-c2ccc(F)cc2)cc1)P(=O)(O)O. The molecule has 0 unspecified atom stereocenters. The number of carbonyl (C=O) groups is 1. The zero-order valence-corrected chi connectivity index (χ0v) is 19.8. The Labute approximate surface area is 192 Å². The van der Waals surface area contributed by atoms with Gasteiger partial charge in [-0.3, -0.25) is 14.0 Å². The minimum atomic E-state index is -4.36. The standard InChI is InChI=1S/C24H29FN3O4P/c1-4-24(5-2,33(30,31)32)19-9-13-21(14-10-19)27-22(29)15-8-18-16-26-28(3)23(18)17-6-11-20(25)12-7-17/h6-7,9-14,16H,4-5,8,15H2,1-3H3,(H,27,29)(H2,30,31,32). The van der Waals surface area contributed by atoms with Crippen LogP contribution in [0.3, 0.4) is 0 Å². The zero-order valence-electron chi connectivity index (χ0n) is 19.0. The van der Waals surface area contributed by atoms with Crippen molar-refractivity contribution in [1.82, 2.24) is 9.78 Å². The van der Waals surface area contributed by atoms with Crippen LogP contribution >= 0.6 is 7.60 Å². The highest BCUT2D eigenvalue weighted by molar-refractivity contribution is 7.53. The number of amides is 1. The predicted molar refractivity (Wildman–Crippen MR) is 126 cm³/mol. The van der Waals surface area contributed by atoms with Gasteiger partial charge in [-0.15, -0.1) is 0 Å². The van der Waals surface area contributed by atoms with Crippen LogP contribution in [0.25, 0.3) is 11.3 Å². The van der Waals surface area contributed by atoms with Crippen LogP contribution in [-0.2, 0) is 28.0 Å². The molecule has 33 heavy (non-hydrogen) atoms. The van der Waals surface area contributed by atoms with Gasteiger partial charge in [0.25, 0.3) is 0 Å². The molecule has 3 aromatic rings. The maximum atomic E-state index is 13.3. The summed E-state index contributed by atoms with van der Waals surface area (Å²) >= 11 is 0. The molecule has 0 bridgehead atoms. The van der Waals surface area contributed by atoms with Crippen LogP contribution in [0.2, 0.25) is 0 Å². The van der Waals surface area contributed by atoms with Gasteiger partial charge in [-0.2, -0.15) is 5.10 Å². The molecule has 0 aliphatic heterocycles. The highest BCUT2D eigenvalue weighted by atomic mass is 31.2. The van der Waals surface area contributed by atoms with E-state index in [1.807, 2.05) is 0 Å². The van der Waals surface area contributed by atoms with Crippen LogP contribution in [0.4, 0.5) is 10.1 Å². The molecule has 3 N–H and O–H groups in total. The summed E-state index contributed by atoms with van der Waals surface area (Å²) in [7, 11) is -2.56. The smallest absolute Gasteiger partial charge is 0.326 e. The first-order chi connectivity index (χ1) is 15.6. The molecule has 1 amide bonds. The minimum absolute atomic E-state index is 0.191. The summed E-state index contributed by atoms with van der Waals surface area (Å²) in [5, 5.41) is 5.87. The highest BCUT2D eigenvalue weighted by Gasteiger charge is 2.45. The van der Waals surface area contributed by atoms with E-state index >= 15 is 0 Å². The van der Waals surface area contributed by atoms with Gasteiger partial charge in [-0.05, 0) is 66.8 Å². The number of halogens is 1. The molecule has 1 aromatic heterocycles. The number of nitrogens with one attached hydrogen (secondary N) is 1. The maximum Gasteiger partial charge on any atom is 0.335 e. The minimum Gasteiger partial charge on any atom is -0.326 e. The normalized spacial score (nSPS) is 12.1. The van der Waals surface area contributed by atoms with Crippen LogP contribution < -0.4 is 5.32 Å². The van der Waals surface area contributed by atoms with Gasteiger partial charge in [0, 0.05) is 24.7 Å². The van der Waals surface area contributed by atoms with Crippen molar-refractivity contribution in [1.29, 1.82) is 0 Å². The fourth-order valence-corrected chi connectivity index (χ4v) is 5.53. The van der Waals surface area contributed by atoms with Crippen molar-refractivity contribution in [3.05, 3.63) is 71.7 Å². The molecule has 0 saturated heterocycles. The summed E-state index contributed by atoms with van der Waals surface area (Å²) in [6, 6.07) is 12.8. The van der Waals surface area contributed by atoms with Gasteiger partial charge >= 0.3 is 7.60 Å². The number of benzene rings is 2. The number of rotatable bonds is 9. The van der Waals surface area contributed by atoms with Gasteiger partial charge in [-0.25, -0.2) is 4.39 Å². The molecule has 1 heterocycles. The molecule has 0 radical (unpaired) electrons. The number of hydrogen-bond donors (Lipinski definition) is 3. The fourth-order valence-electron chi connectivity index (χ4n) is 4.22. The zero-order chi connectivity index (χ0) is 24.2. The van der Waals surface area contributed by atoms with Crippen molar-refractivity contribution in [3.8, 4) is 11.3 Å². The van der Waals surface area contributed by atoms with Crippen molar-refractivity contribution in [2.24, 2.45) is 7.05 Å². The first-order valence-corrected chi connectivity index (χ1v) is 12.5. The van der Waals surface area contributed by atoms with Crippen molar-refractivity contribution in [2.45, 2.75) is 44.7 Å². The predicted octanol–water partition coefficient (Wildman–Crippen LogP) is 4.99. The molecule has 0 saturated carbocycles. The molecule has 7 nitrogen and oxygen atoms in total. The number of carbonyl (C=O) groups excluding carboxylic acids is 1. The van der Waals surface area contributed by atoms with Crippen LogP contribution in [0.5, 0.6) is 0 Å². The third-order valence-electron chi connectivity index (χ3n) is 6.19. The molecule has 3 rings (SSSR count). The van der Waals surface area contributed by atoms with Gasteiger partial charge < -0.3 is 15.1 Å². The number of aryl methyl sites for hydroxylation is 2. The lowest BCUT2D eigenvalue weighted by molar-refractivity contribution is -0.116. The van der Waals surface area contributed by atoms with Crippen molar-refractivity contribution in [3.63, 3.8) is 0 Å². The molecule has 0 atom stereocenters. The largest absolute Gasteiger partial charge is 0.335 e. The first-order valence-electron chi connectivity index (χ1n) is 10.8. The third-order valence-corrected chi connectivity index (χ3v) is 8.19. The van der Waals surface area contributed by atoms with Crippen molar-refractivity contribution in [2.75, 3.05) is 5.32 Å². The first kappa shape index (κ1) is 24.8. The van der Waals surface area contributed by atoms with Gasteiger partial charge in [0.2, 0.25) is 5.91 Å². The number of anilines is 1. The molecule has 176 valence electrons. The Balaban J connectivity index is 1.68. The average Bonchev–Trinajstić information content (AvgIpc) is 3.14. The Hall–Kier alpha value is -2.80. The summed E-state index contributed by atoms with van der Waals surface area (Å²) in [4.78, 5) is 32.3. The van der Waals surface area contributed by atoms with E-state index in [0.717, 1.165) is 16.8 Å². The molecule has 0 aliphatic rings. The highest BCUT2D eigenvalue weighted by Crippen LogP contribution is 2.60. The van der Waals surface area contributed by atoms with E-state index in [1.165, 1.54) is 12.1 Å². The Morgan fingerprint density at radius 2 is 1.70 bits per heavy atom. The van der Waals surface area contributed by atoms with Crippen molar-refractivity contribution >= 4 is 19.2 Å². The molecular weight excluding hydrogens is 444 g/mol. The second-order valence-electron chi connectivity index (χ2n) is 8.06. The molecular formula is C24H29FN3O4P. The molecule has 9 heteroatoms. The second kappa shape index (κ2) is 10.00. The van der Waals surface area contributed by atoms with E-state index in [2.05, 4.69) is 10.4 Å². The summed E-state index contributed by atoms with van der Waals surface area (Å²) < 4.78 is 27.1. The van der Waals surface area contributed by atoms with Crippen molar-refractivity contribution < 1.29 is 23.5 Å². The molecule has 0 aliphatic carbocycles. The Morgan fingerprint density at radius 1 is 1.09 bits per heavy atom. The van der Waals surface area contributed by atoms with Gasteiger partial charge in [-0.1, -0.05) is 26.0 Å². The maximum absolute atomic E-state index is 13.3. The summed E-state index contributed by atoms with van der Waals surface area (Å²) in [6.45, 7) is 3.52. The lowest BCUT2D eigenvalue weighted by atomic mass is 9.92. The van der Waals surface area contributed by atoms with E-state index in [0.29, 0.717) is 30.5 Å². The molecule has 0 spiro atoms. The Kier molecular flexibility index (Phi) is 7.52. The molecule has 0 fully saturated rings. The lowest BCUT2D eigenvalue weighted by Crippen LogP contribution is -2.24. The second-order valence-corrected chi connectivity index (χ2v) is 10.0. The number of aromatic nitrogens is 2. The topological polar surface area (TPSA) is 104 Å². The quantitative estimate of drug-likeness (QED) is 0.380. The van der Waals surface area contributed by atoms with E-state index in [-0.39, 0.29) is 18.1 Å². The summed E-state index contributed by atoms with van der Waals surface area (Å²) in [6.07, 6.45) is 3.00. The third kappa shape index (κ3) is 5.24. The van der Waals surface area contributed by atoms with E-state index in [4.69, 9.17) is 0 Å². The monoisotopic (exact) mass is 473 g/mol. The lowest BCUT2D eigenvalue weighted by Gasteiger charge is -2.33. The van der Waals surface area contributed by atoms with E-state index in [1.54, 1.807) is 68.2 Å². The average molecular weight is 473 g/mol. The summed E-state index contributed by atoms with van der Waals surface area (Å²) in [5.41, 5.74) is 3.65. The fraction of sp³-hybridized carbons (Fsp3) is 0.333. The number of hydrogen-bond acceptors (Lipinski definition) is 3. The van der Waals surface area contributed by atoms with Crippen LogP contribution in [-0.4, -0.2) is 25.5 Å². The number of nitrogens with zero attached hydrogens (tertiary/aromatic N) is 2. The Morgan fingerprint density at radius 3 is 2.24 bits per heavy atom. The summed E-state index contributed by atoms with van der Waals surface area (Å²) in [5.74, 6) is -0.507. The molecule has 2 aromatic carbocycles. The van der Waals surface area contributed by atoms with E-state index in [9.17, 15) is 23.5 Å². The van der Waals surface area contributed by atoms with Crippen LogP contribution in [0, 0.1) is 5.82 Å².